The molecule has 3 fully saturated rings. The van der Waals surface area contributed by atoms with E-state index in [1.807, 2.05) is 18.7 Å². The van der Waals surface area contributed by atoms with Crippen LogP contribution in [0.4, 0.5) is 5.82 Å². The normalized spacial score (nSPS) is 25.0. The molecule has 1 spiro atoms. The molecular formula is C20H28N4O3. The van der Waals surface area contributed by atoms with Gasteiger partial charge >= 0.3 is 5.97 Å². The summed E-state index contributed by atoms with van der Waals surface area (Å²) in [6.07, 6.45) is 6.74. The summed E-state index contributed by atoms with van der Waals surface area (Å²) in [5, 5.41) is 0. The number of carbonyl (C=O) groups excluding carboxylic acids is 2. The second-order valence-electron chi connectivity index (χ2n) is 8.08. The molecule has 0 radical (unpaired) electrons. The van der Waals surface area contributed by atoms with Gasteiger partial charge in [0.1, 0.15) is 17.7 Å². The van der Waals surface area contributed by atoms with Crippen molar-refractivity contribution in [3.8, 4) is 0 Å². The smallest absolute Gasteiger partial charge is 0.307 e. The van der Waals surface area contributed by atoms with Gasteiger partial charge in [-0.3, -0.25) is 9.59 Å². The summed E-state index contributed by atoms with van der Waals surface area (Å²) in [6, 6.07) is 0. The number of amides is 1. The Hall–Kier alpha value is -2.18. The van der Waals surface area contributed by atoms with E-state index in [9.17, 15) is 9.59 Å². The lowest BCUT2D eigenvalue weighted by atomic mass is 9.75. The highest BCUT2D eigenvalue weighted by atomic mass is 16.6. The first-order chi connectivity index (χ1) is 13.0. The Morgan fingerprint density at radius 2 is 1.81 bits per heavy atom. The molecule has 0 bridgehead atoms. The molecule has 1 aromatic heterocycles. The molecule has 27 heavy (non-hydrogen) atoms. The van der Waals surface area contributed by atoms with Gasteiger partial charge < -0.3 is 14.5 Å². The number of hydrogen-bond acceptors (Lipinski definition) is 6. The van der Waals surface area contributed by atoms with Crippen molar-refractivity contribution in [3.63, 3.8) is 0 Å². The van der Waals surface area contributed by atoms with Crippen LogP contribution in [0.3, 0.4) is 0 Å². The third kappa shape index (κ3) is 3.28. The van der Waals surface area contributed by atoms with Crippen LogP contribution in [0.25, 0.3) is 0 Å². The van der Waals surface area contributed by atoms with Crippen molar-refractivity contribution in [2.24, 2.45) is 5.92 Å². The van der Waals surface area contributed by atoms with Crippen LogP contribution in [-0.4, -0.2) is 58.5 Å². The van der Waals surface area contributed by atoms with Crippen LogP contribution in [0.1, 0.15) is 49.8 Å². The number of aromatic nitrogens is 2. The molecule has 1 aromatic rings. The topological polar surface area (TPSA) is 75.6 Å². The van der Waals surface area contributed by atoms with Gasteiger partial charge in [-0.15, -0.1) is 0 Å². The van der Waals surface area contributed by atoms with Crippen molar-refractivity contribution >= 4 is 17.7 Å². The maximum Gasteiger partial charge on any atom is 0.307 e. The monoisotopic (exact) mass is 372 g/mol. The van der Waals surface area contributed by atoms with Crippen molar-refractivity contribution in [2.75, 3.05) is 31.1 Å². The largest absolute Gasteiger partial charge is 0.458 e. The minimum Gasteiger partial charge on any atom is -0.458 e. The number of piperazine rings is 1. The second kappa shape index (κ2) is 7.09. The minimum atomic E-state index is -0.538. The van der Waals surface area contributed by atoms with Crippen LogP contribution in [0.2, 0.25) is 0 Å². The lowest BCUT2D eigenvalue weighted by molar-refractivity contribution is -0.155. The average molecular weight is 372 g/mol. The third-order valence-corrected chi connectivity index (χ3v) is 6.52. The zero-order chi connectivity index (χ0) is 19.0. The molecule has 0 unspecified atom stereocenters. The summed E-state index contributed by atoms with van der Waals surface area (Å²) in [5.74, 6) is 0.538. The van der Waals surface area contributed by atoms with E-state index >= 15 is 0 Å². The Bertz CT molecular complexity index is 737. The van der Waals surface area contributed by atoms with E-state index in [1.165, 1.54) is 0 Å². The van der Waals surface area contributed by atoms with Gasteiger partial charge in [0, 0.05) is 37.4 Å². The summed E-state index contributed by atoms with van der Waals surface area (Å²) >= 11 is 0. The van der Waals surface area contributed by atoms with Gasteiger partial charge in [-0.1, -0.05) is 6.42 Å². The zero-order valence-electron chi connectivity index (χ0n) is 16.2. The Balaban J connectivity index is 1.44. The molecule has 0 N–H and O–H groups in total. The van der Waals surface area contributed by atoms with E-state index in [2.05, 4.69) is 14.9 Å². The summed E-state index contributed by atoms with van der Waals surface area (Å²) in [7, 11) is 0. The fourth-order valence-electron chi connectivity index (χ4n) is 4.81. The van der Waals surface area contributed by atoms with E-state index in [4.69, 9.17) is 4.74 Å². The van der Waals surface area contributed by atoms with Crippen LogP contribution in [-0.2, 0) is 14.3 Å². The number of ether oxygens (including phenoxy) is 1. The SMILES string of the molecule is Cc1ncnc(N2CCN(C(=O)[C@H]3CC(=O)OC34CCCCC4)CC2)c1C. The molecule has 4 rings (SSSR count). The fourth-order valence-corrected chi connectivity index (χ4v) is 4.81. The van der Waals surface area contributed by atoms with Crippen LogP contribution in [0, 0.1) is 19.8 Å². The minimum absolute atomic E-state index is 0.0954. The highest BCUT2D eigenvalue weighted by Gasteiger charge is 2.53. The van der Waals surface area contributed by atoms with Gasteiger partial charge in [0.25, 0.3) is 0 Å². The van der Waals surface area contributed by atoms with Gasteiger partial charge in [-0.25, -0.2) is 9.97 Å². The van der Waals surface area contributed by atoms with Crippen LogP contribution in [0.15, 0.2) is 6.33 Å². The maximum absolute atomic E-state index is 13.2. The molecule has 0 aromatic carbocycles. The van der Waals surface area contributed by atoms with E-state index in [0.29, 0.717) is 13.1 Å². The van der Waals surface area contributed by atoms with Gasteiger partial charge in [0.2, 0.25) is 5.91 Å². The zero-order valence-corrected chi connectivity index (χ0v) is 16.2. The first kappa shape index (κ1) is 18.2. The number of rotatable bonds is 2. The number of anilines is 1. The van der Waals surface area contributed by atoms with Crippen molar-refractivity contribution in [2.45, 2.75) is 58.0 Å². The maximum atomic E-state index is 13.2. The van der Waals surface area contributed by atoms with Crippen LogP contribution >= 0.6 is 0 Å². The Labute approximate surface area is 160 Å². The summed E-state index contributed by atoms with van der Waals surface area (Å²) in [4.78, 5) is 38.1. The molecule has 1 aliphatic carbocycles. The number of esters is 1. The van der Waals surface area contributed by atoms with E-state index in [0.717, 1.165) is 62.3 Å². The van der Waals surface area contributed by atoms with Gasteiger partial charge in [-0.2, -0.15) is 0 Å². The van der Waals surface area contributed by atoms with Crippen LogP contribution < -0.4 is 4.90 Å². The van der Waals surface area contributed by atoms with Gasteiger partial charge in [0.15, 0.2) is 0 Å². The summed E-state index contributed by atoms with van der Waals surface area (Å²) in [6.45, 7) is 6.83. The first-order valence-electron chi connectivity index (χ1n) is 10.0. The van der Waals surface area contributed by atoms with E-state index < -0.39 is 5.60 Å². The molecule has 146 valence electrons. The molecule has 3 heterocycles. The quantitative estimate of drug-likeness (QED) is 0.739. The molecular weight excluding hydrogens is 344 g/mol. The highest BCUT2D eigenvalue weighted by molar-refractivity contribution is 5.88. The second-order valence-corrected chi connectivity index (χ2v) is 8.08. The Morgan fingerprint density at radius 1 is 1.11 bits per heavy atom. The highest BCUT2D eigenvalue weighted by Crippen LogP contribution is 2.45. The average Bonchev–Trinajstić information content (AvgIpc) is 2.99. The predicted octanol–water partition coefficient (Wildman–Crippen LogP) is 2.01. The number of aryl methyl sites for hydroxylation is 1. The number of hydrogen-bond donors (Lipinski definition) is 0. The predicted molar refractivity (Wildman–Crippen MR) is 100 cm³/mol. The van der Waals surface area contributed by atoms with E-state index in [1.54, 1.807) is 6.33 Å². The Morgan fingerprint density at radius 3 is 2.52 bits per heavy atom. The fraction of sp³-hybridized carbons (Fsp3) is 0.700. The Kier molecular flexibility index (Phi) is 4.78. The third-order valence-electron chi connectivity index (χ3n) is 6.52. The first-order valence-corrected chi connectivity index (χ1v) is 10.0. The van der Waals surface area contributed by atoms with Gasteiger partial charge in [0.05, 0.1) is 12.3 Å². The van der Waals surface area contributed by atoms with Crippen molar-refractivity contribution in [3.05, 3.63) is 17.6 Å². The lowest BCUT2D eigenvalue weighted by Gasteiger charge is -2.41. The van der Waals surface area contributed by atoms with Crippen LogP contribution in [0.5, 0.6) is 0 Å². The molecule has 3 aliphatic rings. The van der Waals surface area contributed by atoms with E-state index in [-0.39, 0.29) is 24.2 Å². The number of carbonyl (C=O) groups is 2. The molecule has 2 saturated heterocycles. The molecule has 1 amide bonds. The molecule has 2 aliphatic heterocycles. The van der Waals surface area contributed by atoms with Gasteiger partial charge in [-0.05, 0) is 39.5 Å². The lowest BCUT2D eigenvalue weighted by Crippen LogP contribution is -2.54. The number of nitrogens with zero attached hydrogens (tertiary/aromatic N) is 4. The van der Waals surface area contributed by atoms with Crippen molar-refractivity contribution < 1.29 is 14.3 Å². The summed E-state index contributed by atoms with van der Waals surface area (Å²) in [5.41, 5.74) is 1.54. The van der Waals surface area contributed by atoms with Crippen molar-refractivity contribution in [1.82, 2.24) is 14.9 Å². The molecule has 7 nitrogen and oxygen atoms in total. The molecule has 7 heteroatoms. The molecule has 1 atom stereocenters. The van der Waals surface area contributed by atoms with Crippen molar-refractivity contribution in [1.29, 1.82) is 0 Å². The molecule has 1 saturated carbocycles. The summed E-state index contributed by atoms with van der Waals surface area (Å²) < 4.78 is 5.72. The standard InChI is InChI=1S/C20H28N4O3/c1-14-15(2)21-13-22-18(14)23-8-10-24(11-9-23)19(26)16-12-17(25)27-20(16)6-4-3-5-7-20/h13,16H,3-12H2,1-2H3/t16-/m1/s1.